The van der Waals surface area contributed by atoms with Gasteiger partial charge in [-0.3, -0.25) is 0 Å². The lowest BCUT2D eigenvalue weighted by atomic mass is 9.96. The number of benzene rings is 3. The Morgan fingerprint density at radius 3 is 2.32 bits per heavy atom. The Labute approximate surface area is 131 Å². The van der Waals surface area contributed by atoms with Crippen molar-refractivity contribution in [3.05, 3.63) is 71.8 Å². The van der Waals surface area contributed by atoms with E-state index in [2.05, 4.69) is 72.5 Å². The van der Waals surface area contributed by atoms with E-state index in [0.29, 0.717) is 0 Å². The van der Waals surface area contributed by atoms with Gasteiger partial charge in [0.15, 0.2) is 0 Å². The second-order valence-corrected chi connectivity index (χ2v) is 5.92. The van der Waals surface area contributed by atoms with Crippen molar-refractivity contribution >= 4 is 21.5 Å². The Kier molecular flexibility index (Phi) is 3.41. The van der Waals surface area contributed by atoms with Gasteiger partial charge in [-0.2, -0.15) is 0 Å². The maximum Gasteiger partial charge on any atom is 0.0333 e. The Bertz CT molecular complexity index is 932. The van der Waals surface area contributed by atoms with Gasteiger partial charge in [0.05, 0.1) is 0 Å². The first-order valence-electron chi connectivity index (χ1n) is 8.03. The smallest absolute Gasteiger partial charge is 0.0333 e. The lowest BCUT2D eigenvalue weighted by Gasteiger charge is -2.07. The summed E-state index contributed by atoms with van der Waals surface area (Å²) in [5, 5.41) is 5.12. The van der Waals surface area contributed by atoms with Crippen LogP contribution in [0.3, 0.4) is 0 Å². The quantitative estimate of drug-likeness (QED) is 0.358. The molecule has 0 heterocycles. The van der Waals surface area contributed by atoms with Crippen LogP contribution in [-0.4, -0.2) is 0 Å². The molecule has 22 heavy (non-hydrogen) atoms. The third kappa shape index (κ3) is 2.40. The van der Waals surface area contributed by atoms with Gasteiger partial charge in [-0.15, -0.1) is 0 Å². The van der Waals surface area contributed by atoms with Crippen molar-refractivity contribution in [2.45, 2.75) is 25.7 Å². The van der Waals surface area contributed by atoms with Gasteiger partial charge in [0, 0.05) is 5.56 Å². The largest absolute Gasteiger partial charge is 0.0729 e. The minimum atomic E-state index is 1.14. The third-order valence-electron chi connectivity index (χ3n) is 4.42. The molecule has 4 rings (SSSR count). The lowest BCUT2D eigenvalue weighted by Crippen LogP contribution is -1.89. The molecule has 0 unspecified atom stereocenters. The van der Waals surface area contributed by atoms with Crippen LogP contribution in [0.4, 0.5) is 0 Å². The Morgan fingerprint density at radius 2 is 1.50 bits per heavy atom. The van der Waals surface area contributed by atoms with Gasteiger partial charge in [-0.25, -0.2) is 0 Å². The second kappa shape index (κ2) is 5.70. The molecule has 0 spiro atoms. The zero-order valence-corrected chi connectivity index (χ0v) is 12.6. The zero-order valence-electron chi connectivity index (χ0n) is 12.6. The van der Waals surface area contributed by atoms with Crippen LogP contribution in [0.5, 0.6) is 0 Å². The Balaban J connectivity index is 1.92. The molecule has 0 aromatic heterocycles. The highest BCUT2D eigenvalue weighted by molar-refractivity contribution is 6.09. The van der Waals surface area contributed by atoms with E-state index in [1.807, 2.05) is 0 Å². The van der Waals surface area contributed by atoms with Gasteiger partial charge in [0.2, 0.25) is 0 Å². The molecule has 0 atom stereocenters. The van der Waals surface area contributed by atoms with Gasteiger partial charge < -0.3 is 0 Å². The van der Waals surface area contributed by atoms with Crippen LogP contribution < -0.4 is 0 Å². The van der Waals surface area contributed by atoms with Crippen molar-refractivity contribution in [3.8, 4) is 11.8 Å². The predicted molar refractivity (Wildman–Crippen MR) is 94.9 cm³/mol. The molecular weight excluding hydrogens is 264 g/mol. The zero-order chi connectivity index (χ0) is 14.8. The Hall–Kier alpha value is -2.52. The van der Waals surface area contributed by atoms with Crippen LogP contribution in [0.2, 0.25) is 0 Å². The average Bonchev–Trinajstić information content (AvgIpc) is 2.60. The van der Waals surface area contributed by atoms with Crippen molar-refractivity contribution in [2.75, 3.05) is 0 Å². The normalized spacial score (nSPS) is 14.5. The molecule has 0 saturated carbocycles. The minimum absolute atomic E-state index is 1.14. The summed E-state index contributed by atoms with van der Waals surface area (Å²) in [6.45, 7) is 0. The SMILES string of the molecule is C(#Cc1cc2ccccc2c2ccccc12)C1=CCCCC1. The summed E-state index contributed by atoms with van der Waals surface area (Å²) < 4.78 is 0. The van der Waals surface area contributed by atoms with E-state index in [0.717, 1.165) is 12.0 Å². The van der Waals surface area contributed by atoms with Crippen LogP contribution in [0.25, 0.3) is 21.5 Å². The van der Waals surface area contributed by atoms with Crippen molar-refractivity contribution < 1.29 is 0 Å². The number of allylic oxidation sites excluding steroid dienone is 2. The highest BCUT2D eigenvalue weighted by atomic mass is 14.1. The van der Waals surface area contributed by atoms with E-state index in [1.54, 1.807) is 0 Å². The van der Waals surface area contributed by atoms with E-state index in [1.165, 1.54) is 46.4 Å². The van der Waals surface area contributed by atoms with E-state index in [9.17, 15) is 0 Å². The molecule has 0 N–H and O–H groups in total. The van der Waals surface area contributed by atoms with Gasteiger partial charge >= 0.3 is 0 Å². The molecule has 0 amide bonds. The maximum absolute atomic E-state index is 3.43. The van der Waals surface area contributed by atoms with Gasteiger partial charge in [0.1, 0.15) is 0 Å². The van der Waals surface area contributed by atoms with Crippen LogP contribution in [0, 0.1) is 11.8 Å². The standard InChI is InChI=1S/C22H18/c1-2-8-17(9-3-1)14-15-19-16-18-10-4-5-11-20(18)22-13-7-6-12-21(19)22/h4-8,10-13,16H,1-3,9H2. The third-order valence-corrected chi connectivity index (χ3v) is 4.42. The minimum Gasteiger partial charge on any atom is -0.0729 e. The fraction of sp³-hybridized carbons (Fsp3) is 0.182. The summed E-state index contributed by atoms with van der Waals surface area (Å²) in [6, 6.07) is 19.4. The average molecular weight is 282 g/mol. The first-order valence-corrected chi connectivity index (χ1v) is 8.03. The molecule has 3 aromatic rings. The lowest BCUT2D eigenvalue weighted by molar-refractivity contribution is 0.715. The van der Waals surface area contributed by atoms with E-state index in [4.69, 9.17) is 0 Å². The van der Waals surface area contributed by atoms with E-state index in [-0.39, 0.29) is 0 Å². The van der Waals surface area contributed by atoms with E-state index < -0.39 is 0 Å². The fourth-order valence-corrected chi connectivity index (χ4v) is 3.26. The van der Waals surface area contributed by atoms with Crippen molar-refractivity contribution in [1.29, 1.82) is 0 Å². The monoisotopic (exact) mass is 282 g/mol. The Morgan fingerprint density at radius 1 is 0.727 bits per heavy atom. The maximum atomic E-state index is 3.43. The number of fused-ring (bicyclic) bond motifs is 3. The number of hydrogen-bond donors (Lipinski definition) is 0. The summed E-state index contributed by atoms with van der Waals surface area (Å²) in [7, 11) is 0. The van der Waals surface area contributed by atoms with E-state index >= 15 is 0 Å². The molecule has 0 nitrogen and oxygen atoms in total. The number of rotatable bonds is 0. The van der Waals surface area contributed by atoms with Gasteiger partial charge in [0.25, 0.3) is 0 Å². The van der Waals surface area contributed by atoms with Crippen molar-refractivity contribution in [2.24, 2.45) is 0 Å². The van der Waals surface area contributed by atoms with Crippen molar-refractivity contribution in [1.82, 2.24) is 0 Å². The molecule has 0 fully saturated rings. The molecule has 0 heteroatoms. The van der Waals surface area contributed by atoms with Crippen molar-refractivity contribution in [3.63, 3.8) is 0 Å². The molecule has 0 saturated heterocycles. The first-order chi connectivity index (χ1) is 10.9. The second-order valence-electron chi connectivity index (χ2n) is 5.92. The highest BCUT2D eigenvalue weighted by Crippen LogP contribution is 2.28. The molecule has 1 aliphatic rings. The van der Waals surface area contributed by atoms with Crippen LogP contribution in [0.1, 0.15) is 31.2 Å². The molecule has 1 aliphatic carbocycles. The molecule has 0 aliphatic heterocycles. The summed E-state index contributed by atoms with van der Waals surface area (Å²) >= 11 is 0. The van der Waals surface area contributed by atoms with Crippen LogP contribution in [-0.2, 0) is 0 Å². The summed E-state index contributed by atoms with van der Waals surface area (Å²) in [6.07, 6.45) is 7.21. The van der Waals surface area contributed by atoms with Gasteiger partial charge in [-0.1, -0.05) is 66.4 Å². The summed E-state index contributed by atoms with van der Waals surface area (Å²) in [5.41, 5.74) is 2.45. The molecular formula is C22H18. The van der Waals surface area contributed by atoms with Crippen LogP contribution >= 0.6 is 0 Å². The summed E-state index contributed by atoms with van der Waals surface area (Å²) in [5.74, 6) is 6.84. The van der Waals surface area contributed by atoms with Crippen LogP contribution in [0.15, 0.2) is 66.2 Å². The molecule has 0 radical (unpaired) electrons. The van der Waals surface area contributed by atoms with Gasteiger partial charge in [-0.05, 0) is 58.9 Å². The molecule has 0 bridgehead atoms. The molecule has 106 valence electrons. The first kappa shape index (κ1) is 13.2. The highest BCUT2D eigenvalue weighted by Gasteiger charge is 2.05. The summed E-state index contributed by atoms with van der Waals surface area (Å²) in [4.78, 5) is 0. The topological polar surface area (TPSA) is 0 Å². The predicted octanol–water partition coefficient (Wildman–Crippen LogP) is 5.84. The fourth-order valence-electron chi connectivity index (χ4n) is 3.26. The molecule has 3 aromatic carbocycles. The number of hydrogen-bond acceptors (Lipinski definition) is 0.